The number of aromatic nitrogens is 2. The van der Waals surface area contributed by atoms with Gasteiger partial charge in [-0.25, -0.2) is 9.37 Å². The molecule has 1 aromatic carbocycles. The summed E-state index contributed by atoms with van der Waals surface area (Å²) in [7, 11) is -1.79. The van der Waals surface area contributed by atoms with E-state index in [-0.39, 0.29) is 11.7 Å². The van der Waals surface area contributed by atoms with Crippen molar-refractivity contribution in [1.82, 2.24) is 9.55 Å². The van der Waals surface area contributed by atoms with Crippen molar-refractivity contribution >= 4 is 19.2 Å². The van der Waals surface area contributed by atoms with Gasteiger partial charge in [-0.1, -0.05) is 13.3 Å². The summed E-state index contributed by atoms with van der Waals surface area (Å²) >= 11 is 0. The fraction of sp³-hybridized carbons (Fsp3) is 0.529. The van der Waals surface area contributed by atoms with Crippen molar-refractivity contribution in [2.24, 2.45) is 0 Å². The molecule has 0 aliphatic heterocycles. The molecule has 1 heterocycles. The van der Waals surface area contributed by atoms with Crippen LogP contribution in [0.15, 0.2) is 23.0 Å². The van der Waals surface area contributed by atoms with Crippen molar-refractivity contribution < 1.29 is 8.82 Å². The maximum absolute atomic E-state index is 13.5. The summed E-state index contributed by atoms with van der Waals surface area (Å²) in [6.45, 7) is 10.9. The molecule has 1 aromatic heterocycles. The second-order valence-corrected chi connectivity index (χ2v) is 11.1. The van der Waals surface area contributed by atoms with Crippen LogP contribution >= 0.6 is 0 Å². The molecule has 0 amide bonds. The molecule has 0 bridgehead atoms. The Morgan fingerprint density at radius 3 is 2.57 bits per heavy atom. The normalized spacial score (nSPS) is 13.5. The number of fused-ring (bicyclic) bond motifs is 1. The lowest BCUT2D eigenvalue weighted by atomic mass is 10.1. The average Bonchev–Trinajstić information content (AvgIpc) is 2.46. The number of rotatable bonds is 6. The molecule has 0 N–H and O–H groups in total. The monoisotopic (exact) mass is 336 g/mol. The molecule has 0 radical (unpaired) electrons. The van der Waals surface area contributed by atoms with Crippen LogP contribution in [0.5, 0.6) is 0 Å². The maximum Gasteiger partial charge on any atom is 0.261 e. The van der Waals surface area contributed by atoms with Gasteiger partial charge in [0.2, 0.25) is 0 Å². The van der Waals surface area contributed by atoms with E-state index in [0.29, 0.717) is 23.3 Å². The highest BCUT2D eigenvalue weighted by molar-refractivity contribution is 6.69. The van der Waals surface area contributed by atoms with Crippen molar-refractivity contribution in [3.05, 3.63) is 40.2 Å². The van der Waals surface area contributed by atoms with Crippen molar-refractivity contribution in [2.45, 2.75) is 59.0 Å². The first-order valence-corrected chi connectivity index (χ1v) is 11.6. The van der Waals surface area contributed by atoms with Gasteiger partial charge in [-0.15, -0.1) is 0 Å². The molecule has 0 aliphatic carbocycles. The number of halogens is 1. The Balaban J connectivity index is 2.66. The highest BCUT2D eigenvalue weighted by atomic mass is 28.4. The van der Waals surface area contributed by atoms with Gasteiger partial charge in [-0.2, -0.15) is 0 Å². The third kappa shape index (κ3) is 4.06. The van der Waals surface area contributed by atoms with Crippen LogP contribution in [0.3, 0.4) is 0 Å². The smallest absolute Gasteiger partial charge is 0.261 e. The number of hydrogen-bond donors (Lipinski definition) is 0. The SMILES string of the molecule is CCC[C@H](O[Si](C)(C)C)c1nc2ccc(F)cc2c(=O)n1CC. The van der Waals surface area contributed by atoms with E-state index < -0.39 is 14.1 Å². The molecule has 6 heteroatoms. The van der Waals surface area contributed by atoms with Crippen LogP contribution < -0.4 is 5.56 Å². The van der Waals surface area contributed by atoms with E-state index in [1.54, 1.807) is 10.6 Å². The van der Waals surface area contributed by atoms with Crippen molar-refractivity contribution in [3.63, 3.8) is 0 Å². The van der Waals surface area contributed by atoms with Gasteiger partial charge in [0.25, 0.3) is 5.56 Å². The van der Waals surface area contributed by atoms with Gasteiger partial charge in [0.15, 0.2) is 8.32 Å². The van der Waals surface area contributed by atoms with Crippen LogP contribution in [-0.2, 0) is 11.0 Å². The zero-order valence-corrected chi connectivity index (χ0v) is 15.5. The lowest BCUT2D eigenvalue weighted by Gasteiger charge is -2.27. The largest absolute Gasteiger partial charge is 0.408 e. The Hall–Kier alpha value is -1.53. The van der Waals surface area contributed by atoms with Gasteiger partial charge < -0.3 is 4.43 Å². The molecule has 0 spiro atoms. The first kappa shape index (κ1) is 17.8. The Labute approximate surface area is 137 Å². The van der Waals surface area contributed by atoms with Gasteiger partial charge in [-0.3, -0.25) is 9.36 Å². The summed E-state index contributed by atoms with van der Waals surface area (Å²) in [6.07, 6.45) is 1.55. The predicted molar refractivity (Wildman–Crippen MR) is 93.7 cm³/mol. The molecule has 2 rings (SSSR count). The maximum atomic E-state index is 13.5. The van der Waals surface area contributed by atoms with Crippen LogP contribution in [0.4, 0.5) is 4.39 Å². The zero-order valence-electron chi connectivity index (χ0n) is 14.5. The molecule has 0 fully saturated rings. The fourth-order valence-electron chi connectivity index (χ4n) is 2.69. The highest BCUT2D eigenvalue weighted by Gasteiger charge is 2.26. The van der Waals surface area contributed by atoms with Crippen molar-refractivity contribution in [1.29, 1.82) is 0 Å². The van der Waals surface area contributed by atoms with Crippen LogP contribution in [0.1, 0.15) is 38.6 Å². The quantitative estimate of drug-likeness (QED) is 0.741. The minimum Gasteiger partial charge on any atom is -0.408 e. The Morgan fingerprint density at radius 2 is 2.00 bits per heavy atom. The molecule has 4 nitrogen and oxygen atoms in total. The number of nitrogens with zero attached hydrogens (tertiary/aromatic N) is 2. The predicted octanol–water partition coefficient (Wildman–Crippen LogP) is 4.25. The molecule has 126 valence electrons. The summed E-state index contributed by atoms with van der Waals surface area (Å²) in [5, 5.41) is 0.318. The molecule has 1 atom stereocenters. The molecule has 23 heavy (non-hydrogen) atoms. The van der Waals surface area contributed by atoms with Gasteiger partial charge in [-0.05, 0) is 51.2 Å². The molecule has 0 aliphatic rings. The number of benzene rings is 1. The Kier molecular flexibility index (Phi) is 5.36. The molecule has 0 unspecified atom stereocenters. The molecule has 0 saturated heterocycles. The lowest BCUT2D eigenvalue weighted by molar-refractivity contribution is 0.170. The first-order valence-electron chi connectivity index (χ1n) is 8.14. The minimum atomic E-state index is -1.79. The Morgan fingerprint density at radius 1 is 1.30 bits per heavy atom. The van der Waals surface area contributed by atoms with E-state index in [0.717, 1.165) is 12.8 Å². The van der Waals surface area contributed by atoms with Crippen molar-refractivity contribution in [2.75, 3.05) is 0 Å². The highest BCUT2D eigenvalue weighted by Crippen LogP contribution is 2.26. The third-order valence-corrected chi connectivity index (χ3v) is 4.59. The standard InChI is InChI=1S/C17H25FN2O2Si/c1-6-8-15(22-23(3,4)5)16-19-14-10-9-12(18)11-13(14)17(21)20(16)7-2/h9-11,15H,6-8H2,1-5H3/t15-/m0/s1. The average molecular weight is 336 g/mol. The lowest BCUT2D eigenvalue weighted by Crippen LogP contribution is -2.33. The Bertz CT molecular complexity index is 753. The van der Waals surface area contributed by atoms with E-state index in [9.17, 15) is 9.18 Å². The molecule has 2 aromatic rings. The summed E-state index contributed by atoms with van der Waals surface area (Å²) < 4.78 is 21.3. The third-order valence-electron chi connectivity index (χ3n) is 3.60. The van der Waals surface area contributed by atoms with Crippen LogP contribution in [0.2, 0.25) is 19.6 Å². The van der Waals surface area contributed by atoms with E-state index in [1.807, 2.05) is 6.92 Å². The topological polar surface area (TPSA) is 44.1 Å². The van der Waals surface area contributed by atoms with Gasteiger partial charge in [0.1, 0.15) is 17.7 Å². The van der Waals surface area contributed by atoms with E-state index in [4.69, 9.17) is 4.43 Å². The van der Waals surface area contributed by atoms with Crippen LogP contribution in [0, 0.1) is 5.82 Å². The summed E-state index contributed by atoms with van der Waals surface area (Å²) in [5.41, 5.74) is 0.323. The van der Waals surface area contributed by atoms with Gasteiger partial charge >= 0.3 is 0 Å². The fourth-order valence-corrected chi connectivity index (χ4v) is 3.77. The first-order chi connectivity index (χ1) is 10.8. The zero-order chi connectivity index (χ0) is 17.2. The second kappa shape index (κ2) is 6.92. The van der Waals surface area contributed by atoms with E-state index in [2.05, 4.69) is 31.5 Å². The number of hydrogen-bond acceptors (Lipinski definition) is 3. The van der Waals surface area contributed by atoms with Gasteiger partial charge in [0, 0.05) is 6.54 Å². The second-order valence-electron chi connectivity index (χ2n) is 6.69. The van der Waals surface area contributed by atoms with E-state index in [1.165, 1.54) is 12.1 Å². The van der Waals surface area contributed by atoms with Crippen LogP contribution in [-0.4, -0.2) is 17.9 Å². The summed E-state index contributed by atoms with van der Waals surface area (Å²) in [5.74, 6) is 0.233. The molecule has 0 saturated carbocycles. The van der Waals surface area contributed by atoms with Crippen LogP contribution in [0.25, 0.3) is 10.9 Å². The summed E-state index contributed by atoms with van der Waals surface area (Å²) in [4.78, 5) is 17.4. The molecular weight excluding hydrogens is 311 g/mol. The summed E-state index contributed by atoms with van der Waals surface area (Å²) in [6, 6.07) is 4.16. The minimum absolute atomic E-state index is 0.200. The van der Waals surface area contributed by atoms with E-state index >= 15 is 0 Å². The molecular formula is C17H25FN2O2Si. The van der Waals surface area contributed by atoms with Gasteiger partial charge in [0.05, 0.1) is 10.9 Å². The van der Waals surface area contributed by atoms with Crippen molar-refractivity contribution in [3.8, 4) is 0 Å².